The first-order chi connectivity index (χ1) is 13.2. The van der Waals surface area contributed by atoms with Gasteiger partial charge in [0.15, 0.2) is 0 Å². The number of benzene rings is 2. The second-order valence-corrected chi connectivity index (χ2v) is 8.90. The van der Waals surface area contributed by atoms with Gasteiger partial charge in [-0.25, -0.2) is 4.98 Å². The van der Waals surface area contributed by atoms with E-state index in [4.69, 9.17) is 4.98 Å². The Bertz CT molecular complexity index is 1210. The zero-order valence-electron chi connectivity index (χ0n) is 14.6. The average Bonchev–Trinajstić information content (AvgIpc) is 2.89. The van der Waals surface area contributed by atoms with E-state index in [1.807, 2.05) is 47.0 Å². The molecule has 0 amide bonds. The smallest absolute Gasteiger partial charge is 0.262 e. The summed E-state index contributed by atoms with van der Waals surface area (Å²) in [5, 5.41) is 12.3. The number of hydrogen-bond acceptors (Lipinski definition) is 5. The molecule has 6 heteroatoms. The van der Waals surface area contributed by atoms with E-state index in [1.54, 1.807) is 0 Å². The molecule has 0 spiro atoms. The van der Waals surface area contributed by atoms with Crippen molar-refractivity contribution in [2.24, 2.45) is 0 Å². The Hall–Kier alpha value is -2.31. The molecule has 3 heterocycles. The maximum absolute atomic E-state index is 13.1. The summed E-state index contributed by atoms with van der Waals surface area (Å²) in [5.41, 5.74) is 0.0333. The van der Waals surface area contributed by atoms with Crippen molar-refractivity contribution in [3.8, 4) is 5.75 Å². The molecule has 4 aromatic rings. The lowest BCUT2D eigenvalue weighted by Crippen LogP contribution is -2.23. The molecular weight excluding hydrogens is 376 g/mol. The van der Waals surface area contributed by atoms with E-state index in [-0.39, 0.29) is 11.3 Å². The van der Waals surface area contributed by atoms with Gasteiger partial charge in [0.05, 0.1) is 15.0 Å². The lowest BCUT2D eigenvalue weighted by atomic mass is 10.2. The van der Waals surface area contributed by atoms with Crippen LogP contribution in [0.3, 0.4) is 0 Å². The molecule has 0 saturated carbocycles. The Labute approximate surface area is 164 Å². The van der Waals surface area contributed by atoms with E-state index in [0.717, 1.165) is 62.8 Å². The first-order valence-corrected chi connectivity index (χ1v) is 10.8. The molecule has 0 unspecified atom stereocenters. The van der Waals surface area contributed by atoms with Crippen molar-refractivity contribution in [2.75, 3.05) is 0 Å². The lowest BCUT2D eigenvalue weighted by molar-refractivity contribution is 0.470. The summed E-state index contributed by atoms with van der Waals surface area (Å²) in [4.78, 5) is 20.5. The van der Waals surface area contributed by atoms with Crippen LogP contribution in [0.2, 0.25) is 0 Å². The van der Waals surface area contributed by atoms with Crippen LogP contribution in [-0.2, 0) is 13.0 Å². The number of aryl methyl sites for hydroxylation is 1. The minimum atomic E-state index is 0.0333. The predicted octanol–water partition coefficient (Wildman–Crippen LogP) is 5.19. The number of fused-ring (bicyclic) bond motifs is 4. The first-order valence-electron chi connectivity index (χ1n) is 9.13. The quantitative estimate of drug-likeness (QED) is 0.508. The molecule has 1 aliphatic heterocycles. The minimum Gasteiger partial charge on any atom is -0.505 e. The van der Waals surface area contributed by atoms with E-state index < -0.39 is 0 Å². The van der Waals surface area contributed by atoms with Gasteiger partial charge in [0.2, 0.25) is 0 Å². The molecule has 0 radical (unpaired) electrons. The van der Waals surface area contributed by atoms with Gasteiger partial charge in [-0.2, -0.15) is 0 Å². The zero-order valence-corrected chi connectivity index (χ0v) is 16.3. The van der Waals surface area contributed by atoms with Crippen molar-refractivity contribution >= 4 is 43.4 Å². The summed E-state index contributed by atoms with van der Waals surface area (Å²) < 4.78 is 2.59. The van der Waals surface area contributed by atoms with Crippen LogP contribution in [0.15, 0.2) is 57.1 Å². The molecule has 1 N–H and O–H groups in total. The van der Waals surface area contributed by atoms with Crippen LogP contribution in [0.25, 0.3) is 20.3 Å². The van der Waals surface area contributed by atoms with E-state index >= 15 is 0 Å². The Morgan fingerprint density at radius 2 is 1.93 bits per heavy atom. The number of aromatic hydroxyl groups is 1. The van der Waals surface area contributed by atoms with E-state index in [9.17, 15) is 9.90 Å². The maximum atomic E-state index is 13.1. The van der Waals surface area contributed by atoms with Crippen LogP contribution in [0.5, 0.6) is 5.75 Å². The Morgan fingerprint density at radius 3 is 2.78 bits per heavy atom. The normalized spacial score (nSPS) is 14.4. The monoisotopic (exact) mass is 394 g/mol. The number of rotatable bonds is 2. The lowest BCUT2D eigenvalue weighted by Gasteiger charge is -2.08. The maximum Gasteiger partial charge on any atom is 0.262 e. The van der Waals surface area contributed by atoms with Crippen molar-refractivity contribution in [3.63, 3.8) is 0 Å². The molecule has 0 fully saturated rings. The van der Waals surface area contributed by atoms with Gasteiger partial charge in [0.1, 0.15) is 16.4 Å². The Balaban J connectivity index is 1.70. The first kappa shape index (κ1) is 16.8. The number of nitrogens with zero attached hydrogens (tertiary/aromatic N) is 2. The molecule has 2 aromatic carbocycles. The van der Waals surface area contributed by atoms with Crippen LogP contribution in [0.4, 0.5) is 0 Å². The van der Waals surface area contributed by atoms with Crippen molar-refractivity contribution in [1.29, 1.82) is 0 Å². The average molecular weight is 395 g/mol. The minimum absolute atomic E-state index is 0.0333. The third kappa shape index (κ3) is 2.84. The standard InChI is InChI=1S/C21H18N2O2S2/c24-18-15(26-13-7-3-1-4-8-13)11-10-14-17-20(27-19(14)18)22-16-9-5-2-6-12-23(16)21(17)25/h1,3-4,7-8,10-11,24H,2,5-6,9,12H2. The van der Waals surface area contributed by atoms with Gasteiger partial charge in [-0.1, -0.05) is 42.4 Å². The molecular formula is C21H18N2O2S2. The van der Waals surface area contributed by atoms with Crippen molar-refractivity contribution < 1.29 is 5.11 Å². The summed E-state index contributed by atoms with van der Waals surface area (Å²) in [5.74, 6) is 1.12. The molecule has 5 rings (SSSR count). The molecule has 0 aliphatic carbocycles. The summed E-state index contributed by atoms with van der Waals surface area (Å²) >= 11 is 2.94. The fourth-order valence-electron chi connectivity index (χ4n) is 3.68. The highest BCUT2D eigenvalue weighted by molar-refractivity contribution is 7.99. The topological polar surface area (TPSA) is 55.1 Å². The highest BCUT2D eigenvalue weighted by Crippen LogP contribution is 2.44. The van der Waals surface area contributed by atoms with Crippen LogP contribution < -0.4 is 5.56 Å². The molecule has 0 bridgehead atoms. The van der Waals surface area contributed by atoms with E-state index in [2.05, 4.69) is 0 Å². The van der Waals surface area contributed by atoms with Crippen LogP contribution in [0, 0.1) is 0 Å². The summed E-state index contributed by atoms with van der Waals surface area (Å²) in [7, 11) is 0. The molecule has 2 aromatic heterocycles. The van der Waals surface area contributed by atoms with Gasteiger partial charge in [0.25, 0.3) is 5.56 Å². The van der Waals surface area contributed by atoms with Gasteiger partial charge in [-0.3, -0.25) is 9.36 Å². The zero-order chi connectivity index (χ0) is 18.4. The third-order valence-corrected chi connectivity index (χ3v) is 7.19. The van der Waals surface area contributed by atoms with Crippen molar-refractivity contribution in [1.82, 2.24) is 9.55 Å². The highest BCUT2D eigenvalue weighted by atomic mass is 32.2. The largest absolute Gasteiger partial charge is 0.505 e. The van der Waals surface area contributed by atoms with Gasteiger partial charge >= 0.3 is 0 Å². The number of aromatic nitrogens is 2. The summed E-state index contributed by atoms with van der Waals surface area (Å²) in [6.45, 7) is 0.738. The van der Waals surface area contributed by atoms with Gasteiger partial charge < -0.3 is 5.11 Å². The van der Waals surface area contributed by atoms with E-state index in [0.29, 0.717) is 5.39 Å². The molecule has 1 aliphatic rings. The van der Waals surface area contributed by atoms with E-state index in [1.165, 1.54) is 23.1 Å². The predicted molar refractivity (Wildman–Crippen MR) is 111 cm³/mol. The van der Waals surface area contributed by atoms with Crippen LogP contribution >= 0.6 is 23.1 Å². The number of phenols is 1. The molecule has 0 saturated heterocycles. The SMILES string of the molecule is O=c1c2c(nc3n1CCCCC3)sc1c(O)c(Sc3ccccc3)ccc12. The fraction of sp³-hybridized carbons (Fsp3) is 0.238. The highest BCUT2D eigenvalue weighted by Gasteiger charge is 2.20. The fourth-order valence-corrected chi connectivity index (χ4v) is 5.76. The Kier molecular flexibility index (Phi) is 4.17. The Morgan fingerprint density at radius 1 is 1.07 bits per heavy atom. The summed E-state index contributed by atoms with van der Waals surface area (Å²) in [6, 6.07) is 13.8. The van der Waals surface area contributed by atoms with Gasteiger partial charge in [-0.15, -0.1) is 11.3 Å². The number of phenolic OH excluding ortho intramolecular Hbond substituents is 1. The number of hydrogen-bond donors (Lipinski definition) is 1. The second-order valence-electron chi connectivity index (χ2n) is 6.78. The molecule has 0 atom stereocenters. The number of thiophene rings is 1. The van der Waals surface area contributed by atoms with Crippen molar-refractivity contribution in [3.05, 3.63) is 58.6 Å². The van der Waals surface area contributed by atoms with Crippen molar-refractivity contribution in [2.45, 2.75) is 42.0 Å². The third-order valence-electron chi connectivity index (χ3n) is 5.03. The molecule has 4 nitrogen and oxygen atoms in total. The van der Waals surface area contributed by atoms with Crippen LogP contribution in [-0.4, -0.2) is 14.7 Å². The van der Waals surface area contributed by atoms with Crippen LogP contribution in [0.1, 0.15) is 25.1 Å². The molecule has 136 valence electrons. The summed E-state index contributed by atoms with van der Waals surface area (Å²) in [6.07, 6.45) is 4.08. The molecule has 27 heavy (non-hydrogen) atoms. The van der Waals surface area contributed by atoms with Gasteiger partial charge in [-0.05, 0) is 31.0 Å². The second kappa shape index (κ2) is 6.69. The van der Waals surface area contributed by atoms with Gasteiger partial charge in [0, 0.05) is 23.2 Å².